The van der Waals surface area contributed by atoms with Crippen LogP contribution in [0.5, 0.6) is 0 Å². The van der Waals surface area contributed by atoms with Gasteiger partial charge in [-0.1, -0.05) is 24.3 Å². The number of aromatic nitrogens is 2. The molecule has 0 saturated carbocycles. The Labute approximate surface area is 157 Å². The largest absolute Gasteiger partial charge is 0.466 e. The number of rotatable bonds is 3. The van der Waals surface area contributed by atoms with Gasteiger partial charge in [0.2, 0.25) is 0 Å². The van der Waals surface area contributed by atoms with Crippen molar-refractivity contribution in [1.29, 1.82) is 0 Å². The highest BCUT2D eigenvalue weighted by molar-refractivity contribution is 5.97. The first-order chi connectivity index (χ1) is 13.1. The molecule has 0 radical (unpaired) electrons. The maximum atomic E-state index is 12.7. The molecule has 1 aliphatic heterocycles. The summed E-state index contributed by atoms with van der Waals surface area (Å²) >= 11 is 0. The summed E-state index contributed by atoms with van der Waals surface area (Å²) in [6, 6.07) is 16.0. The number of hydrogen-bond acceptors (Lipinski definition) is 4. The van der Waals surface area contributed by atoms with Gasteiger partial charge >= 0.3 is 5.97 Å². The van der Waals surface area contributed by atoms with E-state index in [1.54, 1.807) is 6.20 Å². The summed E-state index contributed by atoms with van der Waals surface area (Å²) in [5.41, 5.74) is 6.14. The zero-order valence-corrected chi connectivity index (χ0v) is 15.5. The second-order valence-corrected chi connectivity index (χ2v) is 6.65. The molecule has 2 N–H and O–H groups in total. The van der Waals surface area contributed by atoms with Crippen molar-refractivity contribution in [2.75, 3.05) is 7.11 Å². The monoisotopic (exact) mass is 359 g/mol. The SMILES string of the molecule is COC(=O)C1=C(C)NC(C)=C(c2ccccn2)C1c1cc2ccccc2[nH]1. The van der Waals surface area contributed by atoms with E-state index in [2.05, 4.69) is 27.4 Å². The predicted molar refractivity (Wildman–Crippen MR) is 106 cm³/mol. The maximum absolute atomic E-state index is 12.7. The molecule has 4 rings (SSSR count). The lowest BCUT2D eigenvalue weighted by molar-refractivity contribution is -0.136. The molecule has 1 aliphatic rings. The minimum Gasteiger partial charge on any atom is -0.466 e. The zero-order valence-electron chi connectivity index (χ0n) is 15.5. The molecule has 3 aromatic rings. The van der Waals surface area contributed by atoms with Crippen molar-refractivity contribution in [1.82, 2.24) is 15.3 Å². The highest BCUT2D eigenvalue weighted by Gasteiger charge is 2.35. The van der Waals surface area contributed by atoms with Gasteiger partial charge in [-0.2, -0.15) is 0 Å². The number of pyridine rings is 1. The highest BCUT2D eigenvalue weighted by atomic mass is 16.5. The first-order valence-corrected chi connectivity index (χ1v) is 8.86. The van der Waals surface area contributed by atoms with Crippen LogP contribution >= 0.6 is 0 Å². The molecule has 0 amide bonds. The summed E-state index contributed by atoms with van der Waals surface area (Å²) in [5, 5.41) is 4.43. The van der Waals surface area contributed by atoms with Crippen molar-refractivity contribution in [3.05, 3.63) is 83.1 Å². The van der Waals surface area contributed by atoms with Crippen molar-refractivity contribution in [2.45, 2.75) is 19.8 Å². The van der Waals surface area contributed by atoms with Gasteiger partial charge in [0.15, 0.2) is 0 Å². The molecule has 136 valence electrons. The Morgan fingerprint density at radius 2 is 1.85 bits per heavy atom. The van der Waals surface area contributed by atoms with Crippen LogP contribution in [0.25, 0.3) is 16.5 Å². The number of nitrogens with one attached hydrogen (secondary N) is 2. The molecular weight excluding hydrogens is 338 g/mol. The van der Waals surface area contributed by atoms with Crippen molar-refractivity contribution in [3.63, 3.8) is 0 Å². The number of methoxy groups -OCH3 is 1. The van der Waals surface area contributed by atoms with Gasteiger partial charge in [0, 0.05) is 34.4 Å². The Morgan fingerprint density at radius 3 is 2.56 bits per heavy atom. The number of carbonyl (C=O) groups excluding carboxylic acids is 1. The number of carbonyl (C=O) groups is 1. The summed E-state index contributed by atoms with van der Waals surface area (Å²) < 4.78 is 5.11. The van der Waals surface area contributed by atoms with E-state index >= 15 is 0 Å². The summed E-state index contributed by atoms with van der Waals surface area (Å²) in [7, 11) is 1.41. The molecule has 1 unspecified atom stereocenters. The fourth-order valence-corrected chi connectivity index (χ4v) is 3.80. The quantitative estimate of drug-likeness (QED) is 0.690. The molecule has 2 aromatic heterocycles. The van der Waals surface area contributed by atoms with Crippen molar-refractivity contribution in [3.8, 4) is 0 Å². The summed E-state index contributed by atoms with van der Waals surface area (Å²) in [5.74, 6) is -0.634. The average molecular weight is 359 g/mol. The summed E-state index contributed by atoms with van der Waals surface area (Å²) in [6.45, 7) is 3.91. The number of ether oxygens (including phenoxy) is 1. The van der Waals surface area contributed by atoms with Crippen LogP contribution in [0, 0.1) is 0 Å². The summed E-state index contributed by atoms with van der Waals surface area (Å²) in [4.78, 5) is 20.7. The van der Waals surface area contributed by atoms with Crippen LogP contribution in [0.2, 0.25) is 0 Å². The molecule has 0 aliphatic carbocycles. The Morgan fingerprint density at radius 1 is 1.07 bits per heavy atom. The molecule has 3 heterocycles. The van der Waals surface area contributed by atoms with Crippen LogP contribution in [0.15, 0.2) is 71.7 Å². The van der Waals surface area contributed by atoms with Gasteiger partial charge in [0.05, 0.1) is 24.3 Å². The van der Waals surface area contributed by atoms with Crippen molar-refractivity contribution in [2.24, 2.45) is 0 Å². The number of hydrogen-bond donors (Lipinski definition) is 2. The van der Waals surface area contributed by atoms with Gasteiger partial charge in [-0.05, 0) is 43.5 Å². The minimum absolute atomic E-state index is 0.291. The van der Waals surface area contributed by atoms with E-state index in [4.69, 9.17) is 4.74 Å². The minimum atomic E-state index is -0.343. The number of esters is 1. The molecule has 0 spiro atoms. The lowest BCUT2D eigenvalue weighted by atomic mass is 9.81. The Hall–Kier alpha value is -3.34. The average Bonchev–Trinajstić information content (AvgIpc) is 3.11. The van der Waals surface area contributed by atoms with E-state index in [1.807, 2.05) is 50.2 Å². The van der Waals surface area contributed by atoms with E-state index in [9.17, 15) is 4.79 Å². The van der Waals surface area contributed by atoms with Crippen LogP contribution in [0.3, 0.4) is 0 Å². The van der Waals surface area contributed by atoms with Crippen LogP contribution in [-0.4, -0.2) is 23.0 Å². The molecule has 27 heavy (non-hydrogen) atoms. The zero-order chi connectivity index (χ0) is 19.0. The first kappa shape index (κ1) is 17.1. The maximum Gasteiger partial charge on any atom is 0.336 e. The Kier molecular flexibility index (Phi) is 4.28. The number of benzene rings is 1. The van der Waals surface area contributed by atoms with Gasteiger partial charge in [-0.3, -0.25) is 4.98 Å². The first-order valence-electron chi connectivity index (χ1n) is 8.86. The lowest BCUT2D eigenvalue weighted by Gasteiger charge is -2.30. The lowest BCUT2D eigenvalue weighted by Crippen LogP contribution is -2.28. The van der Waals surface area contributed by atoms with Crippen molar-refractivity contribution < 1.29 is 9.53 Å². The van der Waals surface area contributed by atoms with Crippen molar-refractivity contribution >= 4 is 22.4 Å². The molecule has 5 heteroatoms. The predicted octanol–water partition coefficient (Wildman–Crippen LogP) is 4.13. The van der Waals surface area contributed by atoms with Gasteiger partial charge < -0.3 is 15.0 Å². The Bertz CT molecular complexity index is 1040. The normalized spacial score (nSPS) is 17.2. The third-order valence-corrected chi connectivity index (χ3v) is 4.97. The second kappa shape index (κ2) is 6.76. The van der Waals surface area contributed by atoms with Gasteiger partial charge in [0.25, 0.3) is 0 Å². The number of para-hydroxylation sites is 1. The third kappa shape index (κ3) is 2.91. The second-order valence-electron chi connectivity index (χ2n) is 6.65. The van der Waals surface area contributed by atoms with Crippen LogP contribution in [0.1, 0.15) is 31.2 Å². The van der Waals surface area contributed by atoms with E-state index in [-0.39, 0.29) is 11.9 Å². The van der Waals surface area contributed by atoms with E-state index < -0.39 is 0 Å². The van der Waals surface area contributed by atoms with E-state index in [1.165, 1.54) is 7.11 Å². The van der Waals surface area contributed by atoms with E-state index in [0.29, 0.717) is 5.57 Å². The molecule has 0 bridgehead atoms. The number of allylic oxidation sites excluding steroid dienone is 3. The van der Waals surface area contributed by atoms with Crippen LogP contribution in [-0.2, 0) is 9.53 Å². The molecule has 1 atom stereocenters. The number of nitrogens with zero attached hydrogens (tertiary/aromatic N) is 1. The molecule has 0 fully saturated rings. The number of aromatic amines is 1. The van der Waals surface area contributed by atoms with Crippen LogP contribution in [0.4, 0.5) is 0 Å². The van der Waals surface area contributed by atoms with Crippen LogP contribution < -0.4 is 5.32 Å². The topological polar surface area (TPSA) is 67.0 Å². The smallest absolute Gasteiger partial charge is 0.336 e. The molecule has 1 aromatic carbocycles. The Balaban J connectivity index is 1.96. The van der Waals surface area contributed by atoms with Gasteiger partial charge in [-0.25, -0.2) is 4.79 Å². The number of H-pyrrole nitrogens is 1. The standard InChI is InChI=1S/C22H21N3O2/c1-13-19(17-10-6-7-11-23-17)21(20(14(2)24-13)22(26)27-3)18-12-15-8-4-5-9-16(15)25-18/h4-12,21,24-25H,1-3H3. The fraction of sp³-hybridized carbons (Fsp3) is 0.182. The van der Waals surface area contributed by atoms with Gasteiger partial charge in [0.1, 0.15) is 0 Å². The number of fused-ring (bicyclic) bond motifs is 1. The fourth-order valence-electron chi connectivity index (χ4n) is 3.80. The van der Waals surface area contributed by atoms with E-state index in [0.717, 1.165) is 39.3 Å². The molecule has 5 nitrogen and oxygen atoms in total. The molecule has 0 saturated heterocycles. The number of dihydropyridines is 1. The highest BCUT2D eigenvalue weighted by Crippen LogP contribution is 2.43. The summed E-state index contributed by atoms with van der Waals surface area (Å²) in [6.07, 6.45) is 1.76. The third-order valence-electron chi connectivity index (χ3n) is 4.97. The van der Waals surface area contributed by atoms with Gasteiger partial charge in [-0.15, -0.1) is 0 Å². The molecular formula is C22H21N3O2.